The standard InChI is InChI=1S/C20H24N2O4/c1-5-22(14-16-8-11-18(24-2)19(12-16)25-3)20(23)17-9-6-15(7-10-17)13-21-26-4/h6-13H,5,14H2,1-4H3/b21-13+. The third kappa shape index (κ3) is 4.75. The fraction of sp³-hybridized carbons (Fsp3) is 0.300. The molecule has 6 heteroatoms. The summed E-state index contributed by atoms with van der Waals surface area (Å²) in [4.78, 5) is 19.2. The van der Waals surface area contributed by atoms with E-state index < -0.39 is 0 Å². The lowest BCUT2D eigenvalue weighted by molar-refractivity contribution is 0.0752. The predicted octanol–water partition coefficient (Wildman–Crippen LogP) is 3.35. The van der Waals surface area contributed by atoms with Crippen LogP contribution in [0.5, 0.6) is 11.5 Å². The molecule has 0 aliphatic carbocycles. The molecule has 0 saturated heterocycles. The van der Waals surface area contributed by atoms with Gasteiger partial charge in [-0.15, -0.1) is 0 Å². The molecule has 2 aromatic rings. The zero-order chi connectivity index (χ0) is 18.9. The van der Waals surface area contributed by atoms with Gasteiger partial charge in [-0.3, -0.25) is 4.79 Å². The van der Waals surface area contributed by atoms with E-state index in [0.29, 0.717) is 30.2 Å². The molecule has 1 amide bonds. The van der Waals surface area contributed by atoms with Crippen LogP contribution in [0.25, 0.3) is 0 Å². The molecule has 6 nitrogen and oxygen atoms in total. The molecule has 0 heterocycles. The van der Waals surface area contributed by atoms with E-state index in [4.69, 9.17) is 9.47 Å². The van der Waals surface area contributed by atoms with Gasteiger partial charge in [0, 0.05) is 18.7 Å². The number of methoxy groups -OCH3 is 2. The summed E-state index contributed by atoms with van der Waals surface area (Å²) >= 11 is 0. The molecule has 0 spiro atoms. The fourth-order valence-electron chi connectivity index (χ4n) is 2.53. The first kappa shape index (κ1) is 19.3. The van der Waals surface area contributed by atoms with Crippen molar-refractivity contribution in [3.8, 4) is 11.5 Å². The highest BCUT2D eigenvalue weighted by molar-refractivity contribution is 5.95. The minimum absolute atomic E-state index is 0.0301. The monoisotopic (exact) mass is 356 g/mol. The number of oxime groups is 1. The maximum atomic E-state index is 12.8. The number of benzene rings is 2. The predicted molar refractivity (Wildman–Crippen MR) is 101 cm³/mol. The lowest BCUT2D eigenvalue weighted by Gasteiger charge is -2.22. The van der Waals surface area contributed by atoms with Crippen LogP contribution in [0.15, 0.2) is 47.6 Å². The Morgan fingerprint density at radius 3 is 2.31 bits per heavy atom. The van der Waals surface area contributed by atoms with E-state index >= 15 is 0 Å². The lowest BCUT2D eigenvalue weighted by Crippen LogP contribution is -2.30. The number of hydrogen-bond acceptors (Lipinski definition) is 5. The van der Waals surface area contributed by atoms with Gasteiger partial charge in [-0.2, -0.15) is 0 Å². The zero-order valence-electron chi connectivity index (χ0n) is 15.6. The molecule has 0 N–H and O–H groups in total. The van der Waals surface area contributed by atoms with Crippen molar-refractivity contribution in [2.45, 2.75) is 13.5 Å². The van der Waals surface area contributed by atoms with Gasteiger partial charge in [0.25, 0.3) is 5.91 Å². The molecule has 26 heavy (non-hydrogen) atoms. The van der Waals surface area contributed by atoms with Crippen LogP contribution in [0.4, 0.5) is 0 Å². The van der Waals surface area contributed by atoms with Gasteiger partial charge < -0.3 is 19.2 Å². The van der Waals surface area contributed by atoms with E-state index in [1.807, 2.05) is 37.3 Å². The maximum Gasteiger partial charge on any atom is 0.254 e. The highest BCUT2D eigenvalue weighted by Gasteiger charge is 2.15. The third-order valence-corrected chi connectivity index (χ3v) is 3.96. The van der Waals surface area contributed by atoms with Crippen LogP contribution in [0.1, 0.15) is 28.4 Å². The van der Waals surface area contributed by atoms with Crippen molar-refractivity contribution >= 4 is 12.1 Å². The number of ether oxygens (including phenoxy) is 2. The number of hydrogen-bond donors (Lipinski definition) is 0. The molecule has 0 fully saturated rings. The number of amides is 1. The highest BCUT2D eigenvalue weighted by Crippen LogP contribution is 2.28. The Bertz CT molecular complexity index is 757. The summed E-state index contributed by atoms with van der Waals surface area (Å²) < 4.78 is 10.6. The second-order valence-electron chi connectivity index (χ2n) is 5.55. The summed E-state index contributed by atoms with van der Waals surface area (Å²) in [6.45, 7) is 3.04. The van der Waals surface area contributed by atoms with Gasteiger partial charge in [0.05, 0.1) is 20.4 Å². The van der Waals surface area contributed by atoms with E-state index in [1.54, 1.807) is 37.5 Å². The van der Waals surface area contributed by atoms with Gasteiger partial charge in [0.15, 0.2) is 11.5 Å². The summed E-state index contributed by atoms with van der Waals surface area (Å²) in [5.41, 5.74) is 2.47. The largest absolute Gasteiger partial charge is 0.493 e. The minimum Gasteiger partial charge on any atom is -0.493 e. The van der Waals surface area contributed by atoms with E-state index in [2.05, 4.69) is 9.99 Å². The van der Waals surface area contributed by atoms with Crippen LogP contribution < -0.4 is 9.47 Å². The van der Waals surface area contributed by atoms with Crippen molar-refractivity contribution in [2.24, 2.45) is 5.16 Å². The quantitative estimate of drug-likeness (QED) is 0.538. The SMILES string of the molecule is CCN(Cc1ccc(OC)c(OC)c1)C(=O)c1ccc(/C=N/OC)cc1. The first-order valence-electron chi connectivity index (χ1n) is 8.29. The normalized spacial score (nSPS) is 10.6. The van der Waals surface area contributed by atoms with Crippen LogP contribution >= 0.6 is 0 Å². The first-order valence-corrected chi connectivity index (χ1v) is 8.29. The molecule has 0 aromatic heterocycles. The van der Waals surface area contributed by atoms with Gasteiger partial charge in [-0.05, 0) is 42.3 Å². The molecule has 0 aliphatic rings. The van der Waals surface area contributed by atoms with Crippen molar-refractivity contribution in [1.82, 2.24) is 4.90 Å². The van der Waals surface area contributed by atoms with Gasteiger partial charge >= 0.3 is 0 Å². The van der Waals surface area contributed by atoms with Crippen molar-refractivity contribution < 1.29 is 19.1 Å². The minimum atomic E-state index is -0.0301. The van der Waals surface area contributed by atoms with Gasteiger partial charge in [0.2, 0.25) is 0 Å². The van der Waals surface area contributed by atoms with Crippen LogP contribution in [0.3, 0.4) is 0 Å². The Kier molecular flexibility index (Phi) is 7.02. The van der Waals surface area contributed by atoms with Crippen molar-refractivity contribution in [1.29, 1.82) is 0 Å². The zero-order valence-corrected chi connectivity index (χ0v) is 15.6. The molecule has 138 valence electrons. The van der Waals surface area contributed by atoms with Crippen molar-refractivity contribution in [2.75, 3.05) is 27.9 Å². The fourth-order valence-corrected chi connectivity index (χ4v) is 2.53. The summed E-state index contributed by atoms with van der Waals surface area (Å²) in [5, 5.41) is 3.71. The van der Waals surface area contributed by atoms with E-state index in [0.717, 1.165) is 11.1 Å². The van der Waals surface area contributed by atoms with Crippen molar-refractivity contribution in [3.05, 3.63) is 59.2 Å². The number of carbonyl (C=O) groups is 1. The molecule has 0 aliphatic heterocycles. The average molecular weight is 356 g/mol. The van der Waals surface area contributed by atoms with Gasteiger partial charge in [-0.1, -0.05) is 23.4 Å². The summed E-state index contributed by atoms with van der Waals surface area (Å²) in [5.74, 6) is 1.28. The topological polar surface area (TPSA) is 60.4 Å². The molecule has 0 bridgehead atoms. The Balaban J connectivity index is 2.14. The Morgan fingerprint density at radius 2 is 1.73 bits per heavy atom. The van der Waals surface area contributed by atoms with E-state index in [-0.39, 0.29) is 5.91 Å². The van der Waals surface area contributed by atoms with Crippen LogP contribution in [-0.4, -0.2) is 44.9 Å². The Hall–Kier alpha value is -3.02. The smallest absolute Gasteiger partial charge is 0.254 e. The number of rotatable bonds is 8. The highest BCUT2D eigenvalue weighted by atomic mass is 16.6. The second kappa shape index (κ2) is 9.46. The molecule has 2 aromatic carbocycles. The molecular weight excluding hydrogens is 332 g/mol. The summed E-state index contributed by atoms with van der Waals surface area (Å²) in [6, 6.07) is 12.9. The summed E-state index contributed by atoms with van der Waals surface area (Å²) in [6.07, 6.45) is 1.59. The lowest BCUT2D eigenvalue weighted by atomic mass is 10.1. The number of nitrogens with zero attached hydrogens (tertiary/aromatic N) is 2. The molecule has 0 atom stereocenters. The van der Waals surface area contributed by atoms with Gasteiger partial charge in [0.1, 0.15) is 7.11 Å². The maximum absolute atomic E-state index is 12.8. The molecular formula is C20H24N2O4. The third-order valence-electron chi connectivity index (χ3n) is 3.96. The Labute approximate surface area is 154 Å². The average Bonchev–Trinajstić information content (AvgIpc) is 2.70. The van der Waals surface area contributed by atoms with Crippen LogP contribution in [0, 0.1) is 0 Å². The molecule has 2 rings (SSSR count). The first-order chi connectivity index (χ1) is 12.6. The summed E-state index contributed by atoms with van der Waals surface area (Å²) in [7, 11) is 4.68. The van der Waals surface area contributed by atoms with Gasteiger partial charge in [-0.25, -0.2) is 0 Å². The van der Waals surface area contributed by atoms with E-state index in [9.17, 15) is 4.79 Å². The second-order valence-corrected chi connectivity index (χ2v) is 5.55. The molecule has 0 unspecified atom stereocenters. The molecule has 0 radical (unpaired) electrons. The Morgan fingerprint density at radius 1 is 1.04 bits per heavy atom. The van der Waals surface area contributed by atoms with Crippen LogP contribution in [-0.2, 0) is 11.4 Å². The molecule has 0 saturated carbocycles. The van der Waals surface area contributed by atoms with E-state index in [1.165, 1.54) is 7.11 Å². The van der Waals surface area contributed by atoms with Crippen LogP contribution in [0.2, 0.25) is 0 Å². The number of carbonyl (C=O) groups excluding carboxylic acids is 1. The van der Waals surface area contributed by atoms with Crippen molar-refractivity contribution in [3.63, 3.8) is 0 Å².